The summed E-state index contributed by atoms with van der Waals surface area (Å²) >= 11 is 1.62. The van der Waals surface area contributed by atoms with Crippen molar-refractivity contribution in [1.82, 2.24) is 0 Å². The molecule has 0 saturated carbocycles. The first-order chi connectivity index (χ1) is 4.46. The molecule has 0 bridgehead atoms. The van der Waals surface area contributed by atoms with Crippen molar-refractivity contribution < 1.29 is 40.6 Å². The zero-order valence-corrected chi connectivity index (χ0v) is 6.84. The van der Waals surface area contributed by atoms with Crippen LogP contribution in [0, 0.1) is 0 Å². The second kappa shape index (κ2) is 15.8. The Labute approximate surface area is 67.1 Å². The van der Waals surface area contributed by atoms with Crippen LogP contribution in [0.2, 0.25) is 0 Å². The van der Waals surface area contributed by atoms with Crippen LogP contribution in [0.25, 0.3) is 0 Å². The van der Waals surface area contributed by atoms with Gasteiger partial charge in [-0.25, -0.2) is 0 Å². The molecule has 3 N–H and O–H groups in total. The summed E-state index contributed by atoms with van der Waals surface area (Å²) in [4.78, 5) is 18.0. The van der Waals surface area contributed by atoms with E-state index in [1.165, 1.54) is 0 Å². The molecule has 0 aromatic heterocycles. The van der Waals surface area contributed by atoms with Crippen molar-refractivity contribution in [2.75, 3.05) is 0 Å². The predicted octanol–water partition coefficient (Wildman–Crippen LogP) is -0.378. The van der Waals surface area contributed by atoms with Crippen molar-refractivity contribution in [3.05, 3.63) is 0 Å². The second-order valence-corrected chi connectivity index (χ2v) is 1.04. The Morgan fingerprint density at radius 1 is 1.00 bits per heavy atom. The van der Waals surface area contributed by atoms with E-state index in [1.54, 1.807) is 16.6 Å². The van der Waals surface area contributed by atoms with Crippen LogP contribution in [0.1, 0.15) is 13.8 Å². The molecule has 0 saturated heterocycles. The summed E-state index contributed by atoms with van der Waals surface area (Å²) in [6.07, 6.45) is 0. The summed E-state index contributed by atoms with van der Waals surface area (Å²) in [6.45, 7) is 2.17. The van der Waals surface area contributed by atoms with Crippen LogP contribution < -0.4 is 0 Å². The van der Waals surface area contributed by atoms with Crippen LogP contribution >= 0.6 is 0 Å². The molecule has 0 aliphatic carbocycles. The van der Waals surface area contributed by atoms with Gasteiger partial charge in [0, 0.05) is 13.8 Å². The Balaban J connectivity index is -0.0000000787. The molecule has 0 aliphatic rings. The van der Waals surface area contributed by atoms with Gasteiger partial charge in [0.25, 0.3) is 11.9 Å². The Hall–Kier alpha value is -0.568. The van der Waals surface area contributed by atoms with Crippen LogP contribution in [0.4, 0.5) is 0 Å². The van der Waals surface area contributed by atoms with Crippen molar-refractivity contribution in [2.24, 2.45) is 0 Å². The second-order valence-electron chi connectivity index (χ2n) is 1.04. The topological polar surface area (TPSA) is 94.8 Å². The van der Waals surface area contributed by atoms with Crippen LogP contribution in [-0.4, -0.2) is 26.3 Å². The van der Waals surface area contributed by atoms with E-state index in [0.717, 1.165) is 13.8 Å². The fraction of sp³-hybridized carbons (Fsp3) is 0.500. The molecule has 10 heavy (non-hydrogen) atoms. The zero-order valence-electron chi connectivity index (χ0n) is 5.57. The molecule has 0 aromatic carbocycles. The standard InChI is InChI=1S/2C2H4O2.Cr.H2O/c2*1-2(3)4;;/h2*1H3,(H,3,4);;1H2/q;;+1;/p-1. The predicted molar refractivity (Wildman–Crippen MR) is 28.8 cm³/mol. The van der Waals surface area contributed by atoms with E-state index in [1.807, 2.05) is 0 Å². The number of hydrogen-bond donors (Lipinski definition) is 3. The minimum absolute atomic E-state index is 0.833. The maximum atomic E-state index is 9.00. The number of carboxylic acids is 2. The van der Waals surface area contributed by atoms with Crippen LogP contribution in [0.3, 0.4) is 0 Å². The normalized spacial score (nSPS) is 5.50. The van der Waals surface area contributed by atoms with Gasteiger partial charge in [0.05, 0.1) is 0 Å². The van der Waals surface area contributed by atoms with Gasteiger partial charge < -0.3 is 10.2 Å². The average molecular weight is 189 g/mol. The first-order valence-electron chi connectivity index (χ1n) is 2.04. The number of aliphatic carboxylic acids is 2. The summed E-state index contributed by atoms with van der Waals surface area (Å²) in [5, 5.41) is 14.8. The van der Waals surface area contributed by atoms with Crippen molar-refractivity contribution in [2.45, 2.75) is 13.8 Å². The molecule has 0 atom stereocenters. The Morgan fingerprint density at radius 3 is 1.00 bits per heavy atom. The summed E-state index contributed by atoms with van der Waals surface area (Å²) in [6, 6.07) is 0. The van der Waals surface area contributed by atoms with Gasteiger partial charge in [-0.3, -0.25) is 9.59 Å². The van der Waals surface area contributed by atoms with Gasteiger partial charge in [0.2, 0.25) is 0 Å². The van der Waals surface area contributed by atoms with E-state index in [2.05, 4.69) is 0 Å². The zero-order chi connectivity index (χ0) is 9.15. The molecule has 0 aromatic rings. The fourth-order valence-corrected chi connectivity index (χ4v) is 0. The molecule has 61 valence electrons. The Morgan fingerprint density at radius 2 is 1.00 bits per heavy atom. The Bertz CT molecular complexity index is 71.6. The molecule has 0 unspecified atom stereocenters. The van der Waals surface area contributed by atoms with E-state index in [-0.39, 0.29) is 0 Å². The fourth-order valence-electron chi connectivity index (χ4n) is 0. The molecule has 5 nitrogen and oxygen atoms in total. The van der Waals surface area contributed by atoms with Gasteiger partial charge in [-0.2, -0.15) is 0 Å². The number of carbonyl (C=O) groups is 2. The molecular weight excluding hydrogens is 180 g/mol. The third kappa shape index (κ3) is 955. The van der Waals surface area contributed by atoms with E-state index in [4.69, 9.17) is 24.0 Å². The van der Waals surface area contributed by atoms with E-state index >= 15 is 0 Å². The van der Waals surface area contributed by atoms with Gasteiger partial charge in [-0.1, -0.05) is 0 Å². The third-order valence-corrected chi connectivity index (χ3v) is 0. The van der Waals surface area contributed by atoms with Gasteiger partial charge in [-0.05, 0) is 0 Å². The van der Waals surface area contributed by atoms with Crippen molar-refractivity contribution in [3.8, 4) is 0 Å². The van der Waals surface area contributed by atoms with Gasteiger partial charge in [-0.15, -0.1) is 0 Å². The molecule has 0 spiro atoms. The van der Waals surface area contributed by atoms with Crippen LogP contribution in [0.15, 0.2) is 0 Å². The van der Waals surface area contributed by atoms with Gasteiger partial charge in [0.1, 0.15) is 0 Å². The number of carboxylic acid groups (broad SMARTS) is 2. The molecule has 0 aliphatic heterocycles. The summed E-state index contributed by atoms with van der Waals surface area (Å²) in [7, 11) is 0. The first-order valence-corrected chi connectivity index (χ1v) is 2.61. The monoisotopic (exact) mass is 189 g/mol. The molecule has 0 heterocycles. The van der Waals surface area contributed by atoms with E-state index < -0.39 is 11.9 Å². The summed E-state index contributed by atoms with van der Waals surface area (Å²) in [5.74, 6) is -1.67. The molecule has 0 radical (unpaired) electrons. The Kier molecular flexibility index (Phi) is 25.6. The number of rotatable bonds is 0. The van der Waals surface area contributed by atoms with E-state index in [0.29, 0.717) is 0 Å². The van der Waals surface area contributed by atoms with Gasteiger partial charge >= 0.3 is 20.8 Å². The SMILES string of the molecule is CC(=O)O.CC(=O)O.[OH][Cr]. The molecule has 0 rings (SSSR count). The third-order valence-electron chi connectivity index (χ3n) is 0. The molecular formula is C4H9CrO5. The average Bonchev–Trinajstić information content (AvgIpc) is 1.66. The number of hydrogen-bond acceptors (Lipinski definition) is 3. The van der Waals surface area contributed by atoms with Crippen LogP contribution in [0.5, 0.6) is 0 Å². The summed E-state index contributed by atoms with van der Waals surface area (Å²) < 4.78 is 6.88. The molecule has 0 fully saturated rings. The quantitative estimate of drug-likeness (QED) is 0.483. The molecule has 0 amide bonds. The first kappa shape index (κ1) is 16.2. The van der Waals surface area contributed by atoms with Crippen molar-refractivity contribution in [3.63, 3.8) is 0 Å². The minimum atomic E-state index is -0.833. The van der Waals surface area contributed by atoms with E-state index in [9.17, 15) is 0 Å². The molecule has 6 heteroatoms. The summed E-state index contributed by atoms with van der Waals surface area (Å²) in [5.41, 5.74) is 0. The van der Waals surface area contributed by atoms with Gasteiger partial charge in [0.15, 0.2) is 0 Å². The van der Waals surface area contributed by atoms with Crippen molar-refractivity contribution in [1.29, 1.82) is 0 Å². The van der Waals surface area contributed by atoms with Crippen molar-refractivity contribution >= 4 is 11.9 Å². The maximum absolute atomic E-state index is 9.00. The van der Waals surface area contributed by atoms with Crippen LogP contribution in [-0.2, 0) is 26.2 Å².